The number of fused-ring (bicyclic) bond motifs is 1. The number of hydrogen-bond donors (Lipinski definition) is 1. The number of methoxy groups -OCH3 is 1. The minimum Gasteiger partial charge on any atom is -0.497 e. The van der Waals surface area contributed by atoms with E-state index in [1.807, 2.05) is 37.4 Å². The van der Waals surface area contributed by atoms with Gasteiger partial charge in [0.1, 0.15) is 5.75 Å². The summed E-state index contributed by atoms with van der Waals surface area (Å²) in [5, 5.41) is 12.1. The van der Waals surface area contributed by atoms with Crippen molar-refractivity contribution in [3.63, 3.8) is 0 Å². The Labute approximate surface area is 207 Å². The molecule has 0 aliphatic carbocycles. The van der Waals surface area contributed by atoms with Gasteiger partial charge >= 0.3 is 0 Å². The molecule has 0 bridgehead atoms. The summed E-state index contributed by atoms with van der Waals surface area (Å²) in [4.78, 5) is 2.30. The van der Waals surface area contributed by atoms with Crippen molar-refractivity contribution in [1.82, 2.24) is 4.90 Å². The van der Waals surface area contributed by atoms with Crippen molar-refractivity contribution in [1.29, 1.82) is 0 Å². The number of para-hydroxylation sites is 1. The first-order valence-electron chi connectivity index (χ1n) is 11.4. The Morgan fingerprint density at radius 2 is 1.51 bits per heavy atom. The molecule has 182 valence electrons. The van der Waals surface area contributed by atoms with Gasteiger partial charge in [-0.15, -0.1) is 0 Å². The second kappa shape index (κ2) is 10.9. The molecule has 0 aliphatic heterocycles. The number of rotatable bonds is 10. The van der Waals surface area contributed by atoms with E-state index < -0.39 is 10.0 Å². The zero-order chi connectivity index (χ0) is 24.8. The Bertz CT molecular complexity index is 1390. The van der Waals surface area contributed by atoms with E-state index in [9.17, 15) is 13.5 Å². The van der Waals surface area contributed by atoms with Crippen molar-refractivity contribution < 1.29 is 18.3 Å². The van der Waals surface area contributed by atoms with Gasteiger partial charge in [-0.3, -0.25) is 9.21 Å². The van der Waals surface area contributed by atoms with E-state index in [1.165, 1.54) is 39.9 Å². The molecule has 0 aromatic heterocycles. The molecule has 4 aromatic carbocycles. The second-order valence-corrected chi connectivity index (χ2v) is 10.3. The first kappa shape index (κ1) is 24.7. The van der Waals surface area contributed by atoms with Crippen LogP contribution >= 0.6 is 0 Å². The fourth-order valence-electron chi connectivity index (χ4n) is 4.22. The van der Waals surface area contributed by atoms with E-state index in [1.54, 1.807) is 18.2 Å². The van der Waals surface area contributed by atoms with Gasteiger partial charge < -0.3 is 9.84 Å². The maximum absolute atomic E-state index is 13.5. The maximum Gasteiger partial charge on any atom is 0.264 e. The Morgan fingerprint density at radius 3 is 2.23 bits per heavy atom. The highest BCUT2D eigenvalue weighted by Crippen LogP contribution is 2.29. The average Bonchev–Trinajstić information content (AvgIpc) is 2.87. The van der Waals surface area contributed by atoms with Gasteiger partial charge in [-0.2, -0.15) is 0 Å². The summed E-state index contributed by atoms with van der Waals surface area (Å²) in [6.07, 6.45) is 0. The molecule has 0 atom stereocenters. The molecule has 7 heteroatoms. The summed E-state index contributed by atoms with van der Waals surface area (Å²) in [7, 11) is -0.335. The normalized spacial score (nSPS) is 11.7. The molecule has 0 aliphatic rings. The molecule has 6 nitrogen and oxygen atoms in total. The molecule has 1 N–H and O–H groups in total. The number of benzene rings is 4. The summed E-state index contributed by atoms with van der Waals surface area (Å²) in [6.45, 7) is 0.921. The van der Waals surface area contributed by atoms with Gasteiger partial charge in [-0.05, 0) is 65.3 Å². The topological polar surface area (TPSA) is 70.1 Å². The molecule has 0 saturated heterocycles. The van der Waals surface area contributed by atoms with Crippen LogP contribution in [0.3, 0.4) is 0 Å². The molecule has 4 aromatic rings. The average molecular weight is 491 g/mol. The van der Waals surface area contributed by atoms with Gasteiger partial charge in [0.05, 0.1) is 30.8 Å². The smallest absolute Gasteiger partial charge is 0.264 e. The minimum atomic E-state index is -3.88. The summed E-state index contributed by atoms with van der Waals surface area (Å²) in [5.74, 6) is 0.577. The van der Waals surface area contributed by atoms with Crippen molar-refractivity contribution in [2.24, 2.45) is 0 Å². The van der Waals surface area contributed by atoms with Crippen LogP contribution in [-0.2, 0) is 23.1 Å². The van der Waals surface area contributed by atoms with Crippen LogP contribution in [0.25, 0.3) is 10.8 Å². The van der Waals surface area contributed by atoms with Crippen LogP contribution in [0.1, 0.15) is 11.1 Å². The zero-order valence-electron chi connectivity index (χ0n) is 20.0. The molecule has 35 heavy (non-hydrogen) atoms. The number of aliphatic hydroxyl groups excluding tert-OH is 1. The van der Waals surface area contributed by atoms with Gasteiger partial charge in [0.15, 0.2) is 0 Å². The lowest BCUT2D eigenvalue weighted by molar-refractivity contribution is 0.305. The molecular weight excluding hydrogens is 460 g/mol. The van der Waals surface area contributed by atoms with Crippen molar-refractivity contribution in [3.05, 3.63) is 102 Å². The minimum absolute atomic E-state index is 0.0419. The number of ether oxygens (including phenoxy) is 1. The van der Waals surface area contributed by atoms with Crippen molar-refractivity contribution in [3.8, 4) is 5.75 Å². The largest absolute Gasteiger partial charge is 0.497 e. The summed E-state index contributed by atoms with van der Waals surface area (Å²) in [5.41, 5.74) is 2.60. The molecule has 0 fully saturated rings. The van der Waals surface area contributed by atoms with Crippen molar-refractivity contribution >= 4 is 26.5 Å². The van der Waals surface area contributed by atoms with Crippen LogP contribution in [-0.4, -0.2) is 45.7 Å². The van der Waals surface area contributed by atoms with Crippen LogP contribution in [0.5, 0.6) is 5.75 Å². The van der Waals surface area contributed by atoms with Crippen LogP contribution in [0, 0.1) is 0 Å². The highest BCUT2D eigenvalue weighted by Gasteiger charge is 2.26. The third-order valence-electron chi connectivity index (χ3n) is 5.92. The molecule has 0 heterocycles. The van der Waals surface area contributed by atoms with Gasteiger partial charge in [-0.1, -0.05) is 54.6 Å². The first-order valence-corrected chi connectivity index (χ1v) is 12.9. The molecule has 0 saturated carbocycles. The SMILES string of the molecule is COc1ccc(S(=O)(=O)N(CCO)c2ccccc2CN(C)Cc2ccc3ccccc3c2)cc1. The van der Waals surface area contributed by atoms with Crippen molar-refractivity contribution in [2.75, 3.05) is 31.6 Å². The van der Waals surface area contributed by atoms with Crippen LogP contribution < -0.4 is 9.04 Å². The molecule has 0 spiro atoms. The lowest BCUT2D eigenvalue weighted by Crippen LogP contribution is -2.35. The maximum atomic E-state index is 13.5. The zero-order valence-corrected chi connectivity index (χ0v) is 20.8. The molecule has 0 amide bonds. The summed E-state index contributed by atoms with van der Waals surface area (Å²) in [6, 6.07) is 28.4. The summed E-state index contributed by atoms with van der Waals surface area (Å²) >= 11 is 0. The predicted octanol–water partition coefficient (Wildman–Crippen LogP) is 4.67. The number of nitrogens with zero attached hydrogens (tertiary/aromatic N) is 2. The van der Waals surface area contributed by atoms with Gasteiger partial charge in [0.25, 0.3) is 10.0 Å². The number of aliphatic hydroxyl groups is 1. The molecule has 4 rings (SSSR count). The van der Waals surface area contributed by atoms with E-state index >= 15 is 0 Å². The fraction of sp³-hybridized carbons (Fsp3) is 0.214. The van der Waals surface area contributed by atoms with E-state index in [4.69, 9.17) is 4.74 Å². The van der Waals surface area contributed by atoms with E-state index in [-0.39, 0.29) is 18.0 Å². The highest BCUT2D eigenvalue weighted by atomic mass is 32.2. The molecule has 0 radical (unpaired) electrons. The Hall–Kier alpha value is -3.39. The Kier molecular flexibility index (Phi) is 7.70. The molecular formula is C28H30N2O4S. The predicted molar refractivity (Wildman–Crippen MR) is 140 cm³/mol. The summed E-state index contributed by atoms with van der Waals surface area (Å²) < 4.78 is 33.5. The van der Waals surface area contributed by atoms with Gasteiger partial charge in [0.2, 0.25) is 0 Å². The third kappa shape index (κ3) is 5.65. The quantitative estimate of drug-likeness (QED) is 0.350. The lowest BCUT2D eigenvalue weighted by Gasteiger charge is -2.27. The van der Waals surface area contributed by atoms with Gasteiger partial charge in [-0.25, -0.2) is 8.42 Å². The van der Waals surface area contributed by atoms with E-state index in [0.29, 0.717) is 24.5 Å². The van der Waals surface area contributed by atoms with E-state index in [0.717, 1.165) is 5.56 Å². The Balaban J connectivity index is 1.60. The standard InChI is InChI=1S/C28H30N2O4S/c1-29(20-22-11-12-23-7-3-4-8-24(23)19-22)21-25-9-5-6-10-28(25)30(17-18-31)35(32,33)27-15-13-26(34-2)14-16-27/h3-16,19,31H,17-18,20-21H2,1-2H3. The van der Waals surface area contributed by atoms with E-state index in [2.05, 4.69) is 35.2 Å². The second-order valence-electron chi connectivity index (χ2n) is 8.46. The number of anilines is 1. The fourth-order valence-corrected chi connectivity index (χ4v) is 5.71. The number of hydrogen-bond acceptors (Lipinski definition) is 5. The highest BCUT2D eigenvalue weighted by molar-refractivity contribution is 7.92. The van der Waals surface area contributed by atoms with Crippen molar-refractivity contribution in [2.45, 2.75) is 18.0 Å². The Morgan fingerprint density at radius 1 is 0.829 bits per heavy atom. The lowest BCUT2D eigenvalue weighted by atomic mass is 10.1. The molecule has 0 unspecified atom stereocenters. The number of sulfonamides is 1. The van der Waals surface area contributed by atoms with Gasteiger partial charge in [0, 0.05) is 13.1 Å². The first-order chi connectivity index (χ1) is 16.9. The van der Waals surface area contributed by atoms with Crippen LogP contribution in [0.2, 0.25) is 0 Å². The van der Waals surface area contributed by atoms with Crippen LogP contribution in [0.4, 0.5) is 5.69 Å². The monoisotopic (exact) mass is 490 g/mol. The third-order valence-corrected chi connectivity index (χ3v) is 7.74. The van der Waals surface area contributed by atoms with Crippen LogP contribution in [0.15, 0.2) is 95.9 Å².